The minimum Gasteiger partial charge on any atom is -0.391 e. The third-order valence-electron chi connectivity index (χ3n) is 3.46. The number of anilines is 1. The molecule has 1 aliphatic rings. The number of nitro benzene ring substituents is 2. The van der Waals surface area contributed by atoms with Crippen LogP contribution >= 0.6 is 0 Å². The van der Waals surface area contributed by atoms with Gasteiger partial charge in [0.1, 0.15) is 5.69 Å². The smallest absolute Gasteiger partial charge is 0.299 e. The molecule has 8 nitrogen and oxygen atoms in total. The van der Waals surface area contributed by atoms with Crippen LogP contribution in [0.15, 0.2) is 18.2 Å². The van der Waals surface area contributed by atoms with Crippen LogP contribution in [0.4, 0.5) is 17.1 Å². The highest BCUT2D eigenvalue weighted by molar-refractivity contribution is 5.65. The van der Waals surface area contributed by atoms with Gasteiger partial charge in [0.2, 0.25) is 0 Å². The average molecular weight is 281 g/mol. The largest absolute Gasteiger partial charge is 0.391 e. The van der Waals surface area contributed by atoms with Gasteiger partial charge in [0.15, 0.2) is 0 Å². The van der Waals surface area contributed by atoms with Crippen LogP contribution in [-0.2, 0) is 0 Å². The van der Waals surface area contributed by atoms with Crippen LogP contribution in [-0.4, -0.2) is 27.1 Å². The summed E-state index contributed by atoms with van der Waals surface area (Å²) in [6.07, 6.45) is 2.68. The van der Waals surface area contributed by atoms with E-state index < -0.39 is 16.0 Å². The molecule has 20 heavy (non-hydrogen) atoms. The highest BCUT2D eigenvalue weighted by Gasteiger charge is 2.26. The van der Waals surface area contributed by atoms with Crippen LogP contribution in [0.3, 0.4) is 0 Å². The number of nitrogens with one attached hydrogen (secondary N) is 1. The third-order valence-corrected chi connectivity index (χ3v) is 3.46. The maximum Gasteiger partial charge on any atom is 0.299 e. The van der Waals surface area contributed by atoms with Gasteiger partial charge in [-0.15, -0.1) is 0 Å². The zero-order chi connectivity index (χ0) is 14.7. The molecule has 0 aliphatic heterocycles. The molecule has 2 rings (SSSR count). The summed E-state index contributed by atoms with van der Waals surface area (Å²) < 4.78 is 0. The lowest BCUT2D eigenvalue weighted by Crippen LogP contribution is -2.36. The third kappa shape index (κ3) is 3.02. The molecule has 8 heteroatoms. The van der Waals surface area contributed by atoms with E-state index in [4.69, 9.17) is 0 Å². The Morgan fingerprint density at radius 3 is 2.45 bits per heavy atom. The zero-order valence-corrected chi connectivity index (χ0v) is 10.7. The highest BCUT2D eigenvalue weighted by Crippen LogP contribution is 2.31. The Balaban J connectivity index is 2.26. The summed E-state index contributed by atoms with van der Waals surface area (Å²) in [5.74, 6) is 0. The SMILES string of the molecule is O=[N+]([O-])c1ccc(NC2CCCCC2O)c([N+](=O)[O-])c1. The second-order valence-corrected chi connectivity index (χ2v) is 4.82. The molecule has 2 N–H and O–H groups in total. The summed E-state index contributed by atoms with van der Waals surface area (Å²) >= 11 is 0. The Morgan fingerprint density at radius 2 is 1.85 bits per heavy atom. The summed E-state index contributed by atoms with van der Waals surface area (Å²) in [6.45, 7) is 0. The molecule has 1 aliphatic carbocycles. The van der Waals surface area contributed by atoms with Crippen LogP contribution in [0.25, 0.3) is 0 Å². The van der Waals surface area contributed by atoms with E-state index in [2.05, 4.69) is 5.32 Å². The lowest BCUT2D eigenvalue weighted by atomic mass is 9.92. The van der Waals surface area contributed by atoms with E-state index in [0.29, 0.717) is 6.42 Å². The number of aliphatic hydroxyl groups excluding tert-OH is 1. The summed E-state index contributed by atoms with van der Waals surface area (Å²) in [5.41, 5.74) is -0.477. The Hall–Kier alpha value is -2.22. The first-order chi connectivity index (χ1) is 9.49. The van der Waals surface area contributed by atoms with E-state index in [0.717, 1.165) is 25.3 Å². The van der Waals surface area contributed by atoms with Crippen molar-refractivity contribution >= 4 is 17.1 Å². The van der Waals surface area contributed by atoms with Gasteiger partial charge in [-0.25, -0.2) is 0 Å². The van der Waals surface area contributed by atoms with Crippen molar-refractivity contribution in [2.24, 2.45) is 0 Å². The van der Waals surface area contributed by atoms with Crippen LogP contribution in [0.2, 0.25) is 0 Å². The van der Waals surface area contributed by atoms with Crippen LogP contribution in [0.1, 0.15) is 25.7 Å². The number of hydrogen-bond acceptors (Lipinski definition) is 6. The minimum absolute atomic E-state index is 0.201. The van der Waals surface area contributed by atoms with Gasteiger partial charge in [-0.05, 0) is 18.9 Å². The molecule has 2 unspecified atom stereocenters. The van der Waals surface area contributed by atoms with Crippen molar-refractivity contribution in [2.75, 3.05) is 5.32 Å². The molecule has 1 saturated carbocycles. The van der Waals surface area contributed by atoms with E-state index in [1.165, 1.54) is 12.1 Å². The minimum atomic E-state index is -0.674. The topological polar surface area (TPSA) is 119 Å². The van der Waals surface area contributed by atoms with E-state index in [1.807, 2.05) is 0 Å². The molecule has 0 spiro atoms. The monoisotopic (exact) mass is 281 g/mol. The molecular formula is C12H15N3O5. The number of nitrogens with zero attached hydrogens (tertiary/aromatic N) is 2. The highest BCUT2D eigenvalue weighted by atomic mass is 16.6. The molecular weight excluding hydrogens is 266 g/mol. The molecule has 108 valence electrons. The summed E-state index contributed by atoms with van der Waals surface area (Å²) in [6, 6.07) is 3.20. The lowest BCUT2D eigenvalue weighted by molar-refractivity contribution is -0.393. The fraction of sp³-hybridized carbons (Fsp3) is 0.500. The van der Waals surface area contributed by atoms with Crippen LogP contribution in [0.5, 0.6) is 0 Å². The Labute approximate surface area is 114 Å². The van der Waals surface area contributed by atoms with Crippen molar-refractivity contribution in [3.63, 3.8) is 0 Å². The quantitative estimate of drug-likeness (QED) is 0.645. The predicted octanol–water partition coefficient (Wildman–Crippen LogP) is 2.22. The second kappa shape index (κ2) is 5.83. The van der Waals surface area contributed by atoms with Crippen LogP contribution < -0.4 is 5.32 Å². The number of hydrogen-bond donors (Lipinski definition) is 2. The maximum atomic E-state index is 11.0. The standard InChI is InChI=1S/C12H15N3O5/c16-12-4-2-1-3-10(12)13-9-6-5-8(14(17)18)7-11(9)15(19)20/h5-7,10,12-13,16H,1-4H2. The van der Waals surface area contributed by atoms with E-state index in [-0.39, 0.29) is 23.1 Å². The molecule has 0 aromatic heterocycles. The number of rotatable bonds is 4. The van der Waals surface area contributed by atoms with Crippen molar-refractivity contribution in [3.8, 4) is 0 Å². The van der Waals surface area contributed by atoms with Gasteiger partial charge < -0.3 is 10.4 Å². The average Bonchev–Trinajstić information content (AvgIpc) is 2.41. The van der Waals surface area contributed by atoms with Gasteiger partial charge in [0.05, 0.1) is 28.1 Å². The number of nitro groups is 2. The Morgan fingerprint density at radius 1 is 1.15 bits per heavy atom. The van der Waals surface area contributed by atoms with Crippen molar-refractivity contribution in [3.05, 3.63) is 38.4 Å². The molecule has 0 saturated heterocycles. The molecule has 1 aromatic rings. The molecule has 1 aromatic carbocycles. The summed E-state index contributed by atoms with van der Waals surface area (Å²) in [4.78, 5) is 20.3. The summed E-state index contributed by atoms with van der Waals surface area (Å²) in [5, 5.41) is 34.4. The Bertz CT molecular complexity index is 534. The molecule has 0 bridgehead atoms. The molecule has 0 radical (unpaired) electrons. The van der Waals surface area contributed by atoms with Crippen molar-refractivity contribution in [2.45, 2.75) is 37.8 Å². The molecule has 1 fully saturated rings. The van der Waals surface area contributed by atoms with Crippen LogP contribution in [0, 0.1) is 20.2 Å². The number of benzene rings is 1. The number of aliphatic hydroxyl groups is 1. The predicted molar refractivity (Wildman–Crippen MR) is 71.6 cm³/mol. The van der Waals surface area contributed by atoms with Crippen molar-refractivity contribution < 1.29 is 15.0 Å². The van der Waals surface area contributed by atoms with Gasteiger partial charge in [-0.2, -0.15) is 0 Å². The van der Waals surface area contributed by atoms with Gasteiger partial charge in [-0.3, -0.25) is 20.2 Å². The maximum absolute atomic E-state index is 11.0. The Kier molecular flexibility index (Phi) is 4.14. The van der Waals surface area contributed by atoms with E-state index in [1.54, 1.807) is 0 Å². The summed E-state index contributed by atoms with van der Waals surface area (Å²) in [7, 11) is 0. The molecule has 0 amide bonds. The first-order valence-corrected chi connectivity index (χ1v) is 6.36. The molecule has 0 heterocycles. The molecule has 2 atom stereocenters. The van der Waals surface area contributed by atoms with Gasteiger partial charge in [-0.1, -0.05) is 12.8 Å². The van der Waals surface area contributed by atoms with Gasteiger partial charge >= 0.3 is 0 Å². The van der Waals surface area contributed by atoms with Gasteiger partial charge in [0.25, 0.3) is 11.4 Å². The first-order valence-electron chi connectivity index (χ1n) is 6.36. The second-order valence-electron chi connectivity index (χ2n) is 4.82. The van der Waals surface area contributed by atoms with Crippen molar-refractivity contribution in [1.29, 1.82) is 0 Å². The number of non-ortho nitro benzene ring substituents is 1. The normalized spacial score (nSPS) is 22.2. The van der Waals surface area contributed by atoms with E-state index >= 15 is 0 Å². The van der Waals surface area contributed by atoms with Gasteiger partial charge in [0, 0.05) is 6.07 Å². The fourth-order valence-corrected chi connectivity index (χ4v) is 2.39. The fourth-order valence-electron chi connectivity index (χ4n) is 2.39. The zero-order valence-electron chi connectivity index (χ0n) is 10.7. The lowest BCUT2D eigenvalue weighted by Gasteiger charge is -2.28. The first kappa shape index (κ1) is 14.2. The van der Waals surface area contributed by atoms with E-state index in [9.17, 15) is 25.3 Å². The van der Waals surface area contributed by atoms with Crippen molar-refractivity contribution in [1.82, 2.24) is 0 Å².